The second kappa shape index (κ2) is 7.68. The van der Waals surface area contributed by atoms with Crippen molar-refractivity contribution in [1.29, 1.82) is 0 Å². The molecule has 0 bridgehead atoms. The van der Waals surface area contributed by atoms with Crippen molar-refractivity contribution >= 4 is 17.3 Å². The minimum atomic E-state index is -0.608. The zero-order valence-corrected chi connectivity index (χ0v) is 16.3. The first-order valence-corrected chi connectivity index (χ1v) is 9.55. The lowest BCUT2D eigenvalue weighted by Crippen LogP contribution is -2.13. The van der Waals surface area contributed by atoms with Gasteiger partial charge in [-0.15, -0.1) is 10.2 Å². The molecule has 0 spiro atoms. The molecule has 1 aliphatic heterocycles. The van der Waals surface area contributed by atoms with Crippen LogP contribution in [0.5, 0.6) is 11.5 Å². The number of nitrogens with zero attached hydrogens (tertiary/aromatic N) is 2. The Kier molecular flexibility index (Phi) is 4.72. The van der Waals surface area contributed by atoms with Crippen molar-refractivity contribution in [3.05, 3.63) is 89.0 Å². The van der Waals surface area contributed by atoms with Crippen LogP contribution in [0, 0.1) is 5.82 Å². The second-order valence-electron chi connectivity index (χ2n) is 6.62. The quantitative estimate of drug-likeness (QED) is 0.459. The Hall–Kier alpha value is -3.58. The van der Waals surface area contributed by atoms with Crippen molar-refractivity contribution in [3.63, 3.8) is 0 Å². The van der Waals surface area contributed by atoms with Crippen molar-refractivity contribution in [3.8, 4) is 23.0 Å². The van der Waals surface area contributed by atoms with E-state index in [0.29, 0.717) is 28.8 Å². The van der Waals surface area contributed by atoms with E-state index < -0.39 is 11.9 Å². The summed E-state index contributed by atoms with van der Waals surface area (Å²) in [5, 5.41) is 11.9. The van der Waals surface area contributed by atoms with Gasteiger partial charge in [-0.25, -0.2) is 4.39 Å². The Morgan fingerprint density at radius 3 is 2.60 bits per heavy atom. The Morgan fingerprint density at radius 2 is 1.77 bits per heavy atom. The van der Waals surface area contributed by atoms with Gasteiger partial charge < -0.3 is 19.2 Å². The van der Waals surface area contributed by atoms with Gasteiger partial charge in [0, 0.05) is 27.9 Å². The van der Waals surface area contributed by atoms with Gasteiger partial charge in [0.1, 0.15) is 11.9 Å². The molecular weight excluding hydrogens is 409 g/mol. The number of anilines is 1. The van der Waals surface area contributed by atoms with Crippen LogP contribution in [0.4, 0.5) is 10.1 Å². The SMILES string of the molecule is Fc1ccc([C@@H](Nc2ccc3c(c2)OCO3)c2nnc(-c3ccccc3)o2)c(Cl)c1. The minimum absolute atomic E-state index is 0.177. The molecule has 0 radical (unpaired) electrons. The lowest BCUT2D eigenvalue weighted by molar-refractivity contribution is 0.174. The lowest BCUT2D eigenvalue weighted by atomic mass is 10.1. The zero-order chi connectivity index (χ0) is 20.5. The first-order chi connectivity index (χ1) is 14.7. The fourth-order valence-corrected chi connectivity index (χ4v) is 3.49. The summed E-state index contributed by atoms with van der Waals surface area (Å²) in [6.07, 6.45) is 0. The fourth-order valence-electron chi connectivity index (χ4n) is 3.21. The Labute approximate surface area is 176 Å². The van der Waals surface area contributed by atoms with Crippen LogP contribution in [0.1, 0.15) is 17.5 Å². The third-order valence-electron chi connectivity index (χ3n) is 4.67. The van der Waals surface area contributed by atoms with Crippen LogP contribution in [0.3, 0.4) is 0 Å². The van der Waals surface area contributed by atoms with E-state index in [2.05, 4.69) is 15.5 Å². The summed E-state index contributed by atoms with van der Waals surface area (Å²) < 4.78 is 30.4. The predicted octanol–water partition coefficient (Wildman–Crippen LogP) is 5.46. The largest absolute Gasteiger partial charge is 0.454 e. The summed E-state index contributed by atoms with van der Waals surface area (Å²) >= 11 is 6.34. The molecule has 0 aliphatic carbocycles. The highest BCUT2D eigenvalue weighted by Crippen LogP contribution is 2.37. The molecule has 0 saturated heterocycles. The molecule has 0 fully saturated rings. The van der Waals surface area contributed by atoms with Gasteiger partial charge in [0.15, 0.2) is 11.5 Å². The minimum Gasteiger partial charge on any atom is -0.454 e. The third-order valence-corrected chi connectivity index (χ3v) is 4.99. The molecule has 2 heterocycles. The van der Waals surface area contributed by atoms with Crippen LogP contribution in [-0.2, 0) is 0 Å². The van der Waals surface area contributed by atoms with Gasteiger partial charge in [-0.3, -0.25) is 0 Å². The number of hydrogen-bond acceptors (Lipinski definition) is 6. The van der Waals surface area contributed by atoms with Crippen molar-refractivity contribution in [2.24, 2.45) is 0 Å². The second-order valence-corrected chi connectivity index (χ2v) is 7.03. The molecule has 150 valence electrons. The van der Waals surface area contributed by atoms with E-state index in [-0.39, 0.29) is 11.8 Å². The average molecular weight is 424 g/mol. The summed E-state index contributed by atoms with van der Waals surface area (Å²) in [6.45, 7) is 0.177. The summed E-state index contributed by atoms with van der Waals surface area (Å²) in [7, 11) is 0. The molecule has 1 atom stereocenters. The van der Waals surface area contributed by atoms with Crippen molar-refractivity contribution < 1.29 is 18.3 Å². The molecule has 1 aromatic heterocycles. The molecule has 0 saturated carbocycles. The Bertz CT molecular complexity index is 1200. The van der Waals surface area contributed by atoms with Crippen LogP contribution < -0.4 is 14.8 Å². The highest BCUT2D eigenvalue weighted by Gasteiger charge is 2.25. The van der Waals surface area contributed by atoms with Gasteiger partial charge >= 0.3 is 0 Å². The van der Waals surface area contributed by atoms with Gasteiger partial charge in [-0.05, 0) is 36.4 Å². The van der Waals surface area contributed by atoms with E-state index in [1.54, 1.807) is 18.2 Å². The molecule has 30 heavy (non-hydrogen) atoms. The molecule has 8 heteroatoms. The van der Waals surface area contributed by atoms with Gasteiger partial charge in [0.2, 0.25) is 18.6 Å². The van der Waals surface area contributed by atoms with E-state index in [1.807, 2.05) is 36.4 Å². The number of benzene rings is 3. The Morgan fingerprint density at radius 1 is 0.933 bits per heavy atom. The maximum absolute atomic E-state index is 13.6. The predicted molar refractivity (Wildman–Crippen MR) is 109 cm³/mol. The fraction of sp³-hybridized carbons (Fsp3) is 0.0909. The van der Waals surface area contributed by atoms with E-state index in [9.17, 15) is 4.39 Å². The first-order valence-electron chi connectivity index (χ1n) is 9.17. The van der Waals surface area contributed by atoms with E-state index >= 15 is 0 Å². The molecule has 0 amide bonds. The topological polar surface area (TPSA) is 69.4 Å². The van der Waals surface area contributed by atoms with Crippen LogP contribution in [0.25, 0.3) is 11.5 Å². The molecule has 3 aromatic carbocycles. The summed E-state index contributed by atoms with van der Waals surface area (Å²) in [4.78, 5) is 0. The monoisotopic (exact) mass is 423 g/mol. The third kappa shape index (κ3) is 3.55. The number of hydrogen-bond donors (Lipinski definition) is 1. The molecule has 1 N–H and O–H groups in total. The van der Waals surface area contributed by atoms with Gasteiger partial charge in [-0.1, -0.05) is 35.9 Å². The van der Waals surface area contributed by atoms with Gasteiger partial charge in [-0.2, -0.15) is 0 Å². The van der Waals surface area contributed by atoms with Gasteiger partial charge in [0.05, 0.1) is 0 Å². The van der Waals surface area contributed by atoms with Crippen LogP contribution in [0.15, 0.2) is 71.1 Å². The molecule has 0 unspecified atom stereocenters. The first kappa shape index (κ1) is 18.4. The van der Waals surface area contributed by atoms with Gasteiger partial charge in [0.25, 0.3) is 0 Å². The number of aromatic nitrogens is 2. The van der Waals surface area contributed by atoms with Crippen LogP contribution in [0.2, 0.25) is 5.02 Å². The highest BCUT2D eigenvalue weighted by molar-refractivity contribution is 6.31. The lowest BCUT2D eigenvalue weighted by Gasteiger charge is -2.18. The standard InChI is InChI=1S/C22H15ClFN3O3/c23-17-10-14(24)6-8-16(17)20(25-15-7-9-18-19(11-15)29-12-28-18)22-27-26-21(30-22)13-4-2-1-3-5-13/h1-11,20,25H,12H2/t20-/m1/s1. The van der Waals surface area contributed by atoms with Crippen molar-refractivity contribution in [2.45, 2.75) is 6.04 Å². The Balaban J connectivity index is 1.54. The summed E-state index contributed by atoms with van der Waals surface area (Å²) in [6, 6.07) is 18.5. The van der Waals surface area contributed by atoms with Crippen molar-refractivity contribution in [1.82, 2.24) is 10.2 Å². The van der Waals surface area contributed by atoms with Crippen LogP contribution in [-0.4, -0.2) is 17.0 Å². The normalized spacial score (nSPS) is 13.3. The van der Waals surface area contributed by atoms with E-state index in [4.69, 9.17) is 25.5 Å². The van der Waals surface area contributed by atoms with E-state index in [1.165, 1.54) is 12.1 Å². The summed E-state index contributed by atoms with van der Waals surface area (Å²) in [5.74, 6) is 1.53. The number of fused-ring (bicyclic) bond motifs is 1. The highest BCUT2D eigenvalue weighted by atomic mass is 35.5. The number of ether oxygens (including phenoxy) is 2. The van der Waals surface area contributed by atoms with Crippen molar-refractivity contribution in [2.75, 3.05) is 12.1 Å². The molecular formula is C22H15ClFN3O3. The van der Waals surface area contributed by atoms with E-state index in [0.717, 1.165) is 11.3 Å². The molecule has 5 rings (SSSR count). The number of halogens is 2. The molecule has 6 nitrogen and oxygen atoms in total. The summed E-state index contributed by atoms with van der Waals surface area (Å²) in [5.41, 5.74) is 2.12. The molecule has 4 aromatic rings. The maximum atomic E-state index is 13.6. The zero-order valence-electron chi connectivity index (χ0n) is 15.5. The number of rotatable bonds is 5. The number of nitrogens with one attached hydrogen (secondary N) is 1. The maximum Gasteiger partial charge on any atom is 0.247 e. The molecule has 1 aliphatic rings. The van der Waals surface area contributed by atoms with Crippen LogP contribution >= 0.6 is 11.6 Å². The smallest absolute Gasteiger partial charge is 0.247 e. The average Bonchev–Trinajstić information content (AvgIpc) is 3.42.